The number of benzene rings is 1. The maximum absolute atomic E-state index is 9.93. The van der Waals surface area contributed by atoms with Crippen molar-refractivity contribution in [3.8, 4) is 0 Å². The number of para-hydroxylation sites is 1. The number of hydrogen-bond donors (Lipinski definition) is 1. The molecule has 0 N–H and O–H groups in total. The fraction of sp³-hybridized carbons (Fsp3) is 0.125. The molecule has 1 aromatic carbocycles. The molecule has 0 heterocycles. The molecule has 0 fully saturated rings. The lowest BCUT2D eigenvalue weighted by molar-refractivity contribution is 0.565. The van der Waals surface area contributed by atoms with E-state index in [4.69, 9.17) is 0 Å². The van der Waals surface area contributed by atoms with Crippen LogP contribution in [0.15, 0.2) is 29.3 Å². The van der Waals surface area contributed by atoms with Crippen molar-refractivity contribution >= 4 is 24.4 Å². The highest BCUT2D eigenvalue weighted by atomic mass is 32.1. The molecule has 0 aliphatic heterocycles. The van der Waals surface area contributed by atoms with Crippen molar-refractivity contribution in [2.75, 3.05) is 0 Å². The topological polar surface area (TPSA) is 29.4 Å². The van der Waals surface area contributed by atoms with Crippen LogP contribution in [-0.2, 0) is 10.5 Å². The standard InChI is InChI=1S/C8H7NOS/c10-6-9-8-4-2-1-3-7(8)5-11/h1-4,11H,5H2. The zero-order valence-electron chi connectivity index (χ0n) is 5.82. The van der Waals surface area contributed by atoms with Crippen molar-refractivity contribution in [2.24, 2.45) is 4.99 Å². The van der Waals surface area contributed by atoms with Crippen LogP contribution in [-0.4, -0.2) is 6.08 Å². The highest BCUT2D eigenvalue weighted by molar-refractivity contribution is 7.79. The van der Waals surface area contributed by atoms with Crippen molar-refractivity contribution < 1.29 is 4.79 Å². The number of rotatable bonds is 2. The number of nitrogens with zero attached hydrogens (tertiary/aromatic N) is 1. The Balaban J connectivity index is 3.11. The minimum Gasteiger partial charge on any atom is -0.211 e. The van der Waals surface area contributed by atoms with E-state index in [2.05, 4.69) is 17.6 Å². The zero-order valence-corrected chi connectivity index (χ0v) is 6.71. The maximum atomic E-state index is 9.93. The first-order chi connectivity index (χ1) is 5.38. The molecular formula is C8H7NOS. The predicted octanol–water partition coefficient (Wildman–Crippen LogP) is 2.08. The van der Waals surface area contributed by atoms with Gasteiger partial charge in [0.2, 0.25) is 6.08 Å². The van der Waals surface area contributed by atoms with E-state index in [0.29, 0.717) is 11.4 Å². The first kappa shape index (κ1) is 8.05. The van der Waals surface area contributed by atoms with E-state index in [1.54, 1.807) is 6.07 Å². The molecule has 1 rings (SSSR count). The van der Waals surface area contributed by atoms with Gasteiger partial charge in [0.05, 0.1) is 5.69 Å². The third-order valence-corrected chi connectivity index (χ3v) is 1.67. The van der Waals surface area contributed by atoms with Crippen molar-refractivity contribution in [3.05, 3.63) is 29.8 Å². The first-order valence-electron chi connectivity index (χ1n) is 3.15. The molecule has 0 unspecified atom stereocenters. The van der Waals surface area contributed by atoms with Gasteiger partial charge in [0.25, 0.3) is 0 Å². The maximum Gasteiger partial charge on any atom is 0.240 e. The van der Waals surface area contributed by atoms with E-state index in [-0.39, 0.29) is 0 Å². The number of thiol groups is 1. The molecule has 0 amide bonds. The van der Waals surface area contributed by atoms with Crippen LogP contribution in [0.2, 0.25) is 0 Å². The van der Waals surface area contributed by atoms with Gasteiger partial charge in [-0.15, -0.1) is 0 Å². The van der Waals surface area contributed by atoms with Gasteiger partial charge in [-0.2, -0.15) is 17.6 Å². The molecule has 3 heteroatoms. The van der Waals surface area contributed by atoms with Crippen LogP contribution in [0.5, 0.6) is 0 Å². The SMILES string of the molecule is O=C=Nc1ccccc1CS. The Labute approximate surface area is 70.4 Å². The largest absolute Gasteiger partial charge is 0.240 e. The molecule has 2 nitrogen and oxygen atoms in total. The summed E-state index contributed by atoms with van der Waals surface area (Å²) in [5.74, 6) is 0.585. The molecular weight excluding hydrogens is 158 g/mol. The second kappa shape index (κ2) is 3.96. The average Bonchev–Trinajstić information content (AvgIpc) is 2.06. The van der Waals surface area contributed by atoms with Gasteiger partial charge in [0.15, 0.2) is 0 Å². The summed E-state index contributed by atoms with van der Waals surface area (Å²) >= 11 is 4.08. The van der Waals surface area contributed by atoms with E-state index < -0.39 is 0 Å². The molecule has 0 atom stereocenters. The molecule has 0 saturated heterocycles. The van der Waals surface area contributed by atoms with Gasteiger partial charge in [-0.25, -0.2) is 4.79 Å². The lowest BCUT2D eigenvalue weighted by Gasteiger charge is -1.97. The predicted molar refractivity (Wildman–Crippen MR) is 46.9 cm³/mol. The van der Waals surface area contributed by atoms with E-state index in [1.165, 1.54) is 6.08 Å². The molecule has 0 radical (unpaired) electrons. The first-order valence-corrected chi connectivity index (χ1v) is 3.78. The van der Waals surface area contributed by atoms with Gasteiger partial charge >= 0.3 is 0 Å². The lowest BCUT2D eigenvalue weighted by Crippen LogP contribution is -1.76. The second-order valence-corrected chi connectivity index (χ2v) is 2.31. The Morgan fingerprint density at radius 3 is 2.82 bits per heavy atom. The van der Waals surface area contributed by atoms with Gasteiger partial charge in [-0.05, 0) is 11.6 Å². The van der Waals surface area contributed by atoms with E-state index in [1.807, 2.05) is 18.2 Å². The van der Waals surface area contributed by atoms with Gasteiger partial charge < -0.3 is 0 Å². The third-order valence-electron chi connectivity index (χ3n) is 1.33. The fourth-order valence-electron chi connectivity index (χ4n) is 0.803. The molecule has 0 bridgehead atoms. The molecule has 0 aliphatic rings. The smallest absolute Gasteiger partial charge is 0.211 e. The van der Waals surface area contributed by atoms with Gasteiger partial charge in [0.1, 0.15) is 0 Å². The van der Waals surface area contributed by atoms with Crippen LogP contribution in [0.1, 0.15) is 5.56 Å². The fourth-order valence-corrected chi connectivity index (χ4v) is 1.07. The highest BCUT2D eigenvalue weighted by Crippen LogP contribution is 2.18. The van der Waals surface area contributed by atoms with E-state index >= 15 is 0 Å². The minimum atomic E-state index is 0.585. The monoisotopic (exact) mass is 165 g/mol. The van der Waals surface area contributed by atoms with Crippen LogP contribution in [0.25, 0.3) is 0 Å². The van der Waals surface area contributed by atoms with Crippen molar-refractivity contribution in [1.29, 1.82) is 0 Å². The Hall–Kier alpha value is -1.05. The highest BCUT2D eigenvalue weighted by Gasteiger charge is 1.95. The van der Waals surface area contributed by atoms with Gasteiger partial charge in [-0.3, -0.25) is 0 Å². The van der Waals surface area contributed by atoms with Crippen molar-refractivity contribution in [2.45, 2.75) is 5.75 Å². The van der Waals surface area contributed by atoms with Crippen LogP contribution in [0.3, 0.4) is 0 Å². The summed E-state index contributed by atoms with van der Waals surface area (Å²) in [5, 5.41) is 0. The van der Waals surface area contributed by atoms with Gasteiger partial charge in [0, 0.05) is 5.75 Å². The van der Waals surface area contributed by atoms with Gasteiger partial charge in [-0.1, -0.05) is 18.2 Å². The summed E-state index contributed by atoms with van der Waals surface area (Å²) in [5.41, 5.74) is 1.59. The summed E-state index contributed by atoms with van der Waals surface area (Å²) in [7, 11) is 0. The summed E-state index contributed by atoms with van der Waals surface area (Å²) in [6.45, 7) is 0. The zero-order chi connectivity index (χ0) is 8.10. The molecule has 56 valence electrons. The quantitative estimate of drug-likeness (QED) is 0.406. The average molecular weight is 165 g/mol. The lowest BCUT2D eigenvalue weighted by atomic mass is 10.2. The van der Waals surface area contributed by atoms with Crippen LogP contribution in [0, 0.1) is 0 Å². The Bertz CT molecular complexity index is 292. The molecule has 1 aromatic rings. The Morgan fingerprint density at radius 1 is 1.45 bits per heavy atom. The Kier molecular flexibility index (Phi) is 2.90. The molecule has 0 aromatic heterocycles. The molecule has 0 saturated carbocycles. The van der Waals surface area contributed by atoms with Crippen LogP contribution >= 0.6 is 12.6 Å². The van der Waals surface area contributed by atoms with Crippen LogP contribution < -0.4 is 0 Å². The number of aliphatic imine (C=N–C) groups is 1. The summed E-state index contributed by atoms with van der Waals surface area (Å²) < 4.78 is 0. The normalized spacial score (nSPS) is 8.82. The van der Waals surface area contributed by atoms with Crippen LogP contribution in [0.4, 0.5) is 5.69 Å². The third kappa shape index (κ3) is 1.93. The molecule has 11 heavy (non-hydrogen) atoms. The summed E-state index contributed by atoms with van der Waals surface area (Å²) in [4.78, 5) is 13.4. The Morgan fingerprint density at radius 2 is 2.18 bits per heavy atom. The molecule has 0 spiro atoms. The second-order valence-electron chi connectivity index (χ2n) is 1.99. The number of carbonyl (C=O) groups excluding carboxylic acids is 1. The molecule has 0 aliphatic carbocycles. The summed E-state index contributed by atoms with van der Waals surface area (Å²) in [6, 6.07) is 7.35. The van der Waals surface area contributed by atoms with E-state index in [0.717, 1.165) is 5.56 Å². The number of hydrogen-bond acceptors (Lipinski definition) is 3. The van der Waals surface area contributed by atoms with E-state index in [9.17, 15) is 4.79 Å². The number of isocyanates is 1. The summed E-state index contributed by atoms with van der Waals surface area (Å²) in [6.07, 6.45) is 1.50. The van der Waals surface area contributed by atoms with Crippen molar-refractivity contribution in [1.82, 2.24) is 0 Å². The minimum absolute atomic E-state index is 0.585. The van der Waals surface area contributed by atoms with Crippen molar-refractivity contribution in [3.63, 3.8) is 0 Å².